The van der Waals surface area contributed by atoms with Gasteiger partial charge in [-0.1, -0.05) is 48.5 Å². The topological polar surface area (TPSA) is 87.6 Å². The summed E-state index contributed by atoms with van der Waals surface area (Å²) in [5.74, 6) is 1.81. The van der Waals surface area contributed by atoms with E-state index < -0.39 is 6.04 Å². The predicted octanol–water partition coefficient (Wildman–Crippen LogP) is 4.86. The van der Waals surface area contributed by atoms with E-state index in [1.807, 2.05) is 73.7 Å². The van der Waals surface area contributed by atoms with Crippen molar-refractivity contribution in [3.8, 4) is 17.2 Å². The maximum absolute atomic E-state index is 12.0. The molecule has 2 N–H and O–H groups in total. The molecule has 0 bridgehead atoms. The third kappa shape index (κ3) is 5.23. The highest BCUT2D eigenvalue weighted by Gasteiger charge is 2.18. The lowest BCUT2D eigenvalue weighted by molar-refractivity contribution is -0.144. The van der Waals surface area contributed by atoms with Crippen molar-refractivity contribution in [1.29, 1.82) is 0 Å². The number of oxazole rings is 1. The summed E-state index contributed by atoms with van der Waals surface area (Å²) in [6, 6.07) is 21.0. The molecule has 0 spiro atoms. The van der Waals surface area contributed by atoms with E-state index in [0.717, 1.165) is 39.1 Å². The number of fused-ring (bicyclic) bond motifs is 1. The number of carbonyl (C=O) groups excluding carboxylic acids is 1. The van der Waals surface area contributed by atoms with Crippen LogP contribution in [0.2, 0.25) is 0 Å². The Bertz CT molecular complexity index is 1230. The minimum absolute atomic E-state index is 0.317. The smallest absolute Gasteiger partial charge is 0.323 e. The Hall–Kier alpha value is -3.64. The van der Waals surface area contributed by atoms with Crippen molar-refractivity contribution in [3.05, 3.63) is 83.7 Å². The zero-order chi connectivity index (χ0) is 23.2. The first-order valence-electron chi connectivity index (χ1n) is 11.1. The van der Waals surface area contributed by atoms with Crippen LogP contribution < -0.4 is 10.5 Å². The standard InChI is InChI=1S/C27H28N2O4/c1-3-31-27(30)23(28)17-20-13-14-25(22-12-8-7-11-21(20)22)32-16-15-24-18(2)33-26(29-24)19-9-5-4-6-10-19/h4-14,23H,3,15-17,28H2,1-2H3. The highest BCUT2D eigenvalue weighted by Crippen LogP contribution is 2.30. The molecule has 4 aromatic rings. The van der Waals surface area contributed by atoms with E-state index in [0.29, 0.717) is 31.9 Å². The molecule has 4 rings (SSSR count). The summed E-state index contributed by atoms with van der Waals surface area (Å²) in [4.78, 5) is 16.6. The number of aryl methyl sites for hydroxylation is 1. The van der Waals surface area contributed by atoms with Gasteiger partial charge in [-0.3, -0.25) is 4.79 Å². The van der Waals surface area contributed by atoms with E-state index in [1.54, 1.807) is 6.92 Å². The van der Waals surface area contributed by atoms with Gasteiger partial charge in [0, 0.05) is 17.4 Å². The molecule has 0 aliphatic heterocycles. The Balaban J connectivity index is 1.47. The average molecular weight is 445 g/mol. The summed E-state index contributed by atoms with van der Waals surface area (Å²) in [7, 11) is 0. The molecule has 1 unspecified atom stereocenters. The summed E-state index contributed by atoms with van der Waals surface area (Å²) in [6.07, 6.45) is 1.03. The first kappa shape index (κ1) is 22.6. The molecule has 0 fully saturated rings. The normalized spacial score (nSPS) is 12.0. The lowest BCUT2D eigenvalue weighted by atomic mass is 9.98. The van der Waals surface area contributed by atoms with Crippen molar-refractivity contribution in [3.63, 3.8) is 0 Å². The molecule has 3 aromatic carbocycles. The van der Waals surface area contributed by atoms with Gasteiger partial charge in [0.2, 0.25) is 5.89 Å². The van der Waals surface area contributed by atoms with Crippen molar-refractivity contribution in [2.75, 3.05) is 13.2 Å². The van der Waals surface area contributed by atoms with Gasteiger partial charge in [0.1, 0.15) is 17.6 Å². The van der Waals surface area contributed by atoms with Crippen molar-refractivity contribution in [2.45, 2.75) is 32.7 Å². The number of aromatic nitrogens is 1. The predicted molar refractivity (Wildman–Crippen MR) is 128 cm³/mol. The minimum Gasteiger partial charge on any atom is -0.493 e. The molecule has 1 heterocycles. The first-order valence-corrected chi connectivity index (χ1v) is 11.1. The van der Waals surface area contributed by atoms with E-state index in [-0.39, 0.29) is 5.97 Å². The summed E-state index contributed by atoms with van der Waals surface area (Å²) in [5.41, 5.74) is 8.87. The maximum atomic E-state index is 12.0. The van der Waals surface area contributed by atoms with Gasteiger partial charge in [-0.15, -0.1) is 0 Å². The number of ether oxygens (including phenoxy) is 2. The van der Waals surface area contributed by atoms with Crippen LogP contribution in [-0.4, -0.2) is 30.2 Å². The molecule has 0 radical (unpaired) electrons. The molecule has 33 heavy (non-hydrogen) atoms. The number of nitrogens with two attached hydrogens (primary N) is 1. The molecule has 0 aliphatic carbocycles. The van der Waals surface area contributed by atoms with Gasteiger partial charge in [-0.05, 0) is 49.4 Å². The Morgan fingerprint density at radius 3 is 2.52 bits per heavy atom. The van der Waals surface area contributed by atoms with Gasteiger partial charge in [0.25, 0.3) is 0 Å². The maximum Gasteiger partial charge on any atom is 0.323 e. The highest BCUT2D eigenvalue weighted by molar-refractivity contribution is 5.91. The van der Waals surface area contributed by atoms with Crippen LogP contribution in [0.25, 0.3) is 22.2 Å². The van der Waals surface area contributed by atoms with Gasteiger partial charge >= 0.3 is 5.97 Å². The summed E-state index contributed by atoms with van der Waals surface area (Å²) in [6.45, 7) is 4.48. The molecule has 1 atom stereocenters. The highest BCUT2D eigenvalue weighted by atomic mass is 16.5. The number of benzene rings is 3. The lowest BCUT2D eigenvalue weighted by Gasteiger charge is -2.15. The number of rotatable bonds is 9. The Kier molecular flexibility index (Phi) is 7.05. The van der Waals surface area contributed by atoms with E-state index in [4.69, 9.17) is 19.6 Å². The van der Waals surface area contributed by atoms with Gasteiger partial charge in [-0.2, -0.15) is 0 Å². The third-order valence-electron chi connectivity index (χ3n) is 5.51. The van der Waals surface area contributed by atoms with Crippen LogP contribution in [-0.2, 0) is 22.4 Å². The fraction of sp³-hybridized carbons (Fsp3) is 0.259. The molecule has 1 aromatic heterocycles. The van der Waals surface area contributed by atoms with Crippen molar-refractivity contribution in [1.82, 2.24) is 4.98 Å². The molecule has 6 heteroatoms. The minimum atomic E-state index is -0.700. The largest absolute Gasteiger partial charge is 0.493 e. The van der Waals surface area contributed by atoms with E-state index >= 15 is 0 Å². The van der Waals surface area contributed by atoms with E-state index in [1.165, 1.54) is 0 Å². The molecular formula is C27H28N2O4. The third-order valence-corrected chi connectivity index (χ3v) is 5.51. The molecule has 0 aliphatic rings. The van der Waals surface area contributed by atoms with Crippen LogP contribution in [0.5, 0.6) is 5.75 Å². The second-order valence-corrected chi connectivity index (χ2v) is 7.82. The quantitative estimate of drug-likeness (QED) is 0.371. The fourth-order valence-electron chi connectivity index (χ4n) is 3.83. The zero-order valence-corrected chi connectivity index (χ0v) is 18.9. The zero-order valence-electron chi connectivity index (χ0n) is 18.9. The van der Waals surface area contributed by atoms with Crippen molar-refractivity contribution >= 4 is 16.7 Å². The van der Waals surface area contributed by atoms with Gasteiger partial charge < -0.3 is 19.6 Å². The monoisotopic (exact) mass is 444 g/mol. The van der Waals surface area contributed by atoms with Crippen LogP contribution in [0.1, 0.15) is 23.9 Å². The van der Waals surface area contributed by atoms with Crippen LogP contribution >= 0.6 is 0 Å². The summed E-state index contributed by atoms with van der Waals surface area (Å²) < 4.78 is 17.0. The number of esters is 1. The lowest BCUT2D eigenvalue weighted by Crippen LogP contribution is -2.34. The Morgan fingerprint density at radius 2 is 1.76 bits per heavy atom. The van der Waals surface area contributed by atoms with E-state index in [2.05, 4.69) is 4.98 Å². The van der Waals surface area contributed by atoms with Gasteiger partial charge in [-0.25, -0.2) is 4.98 Å². The Morgan fingerprint density at radius 1 is 1.03 bits per heavy atom. The molecule has 6 nitrogen and oxygen atoms in total. The fourth-order valence-corrected chi connectivity index (χ4v) is 3.83. The molecule has 0 saturated carbocycles. The summed E-state index contributed by atoms with van der Waals surface area (Å²) >= 11 is 0. The van der Waals surface area contributed by atoms with Crippen LogP contribution in [0.15, 0.2) is 71.1 Å². The average Bonchev–Trinajstić information content (AvgIpc) is 3.21. The van der Waals surface area contributed by atoms with Crippen LogP contribution in [0.4, 0.5) is 0 Å². The number of carbonyl (C=O) groups is 1. The van der Waals surface area contributed by atoms with Crippen LogP contribution in [0, 0.1) is 6.92 Å². The SMILES string of the molecule is CCOC(=O)C(N)Cc1ccc(OCCc2nc(-c3ccccc3)oc2C)c2ccccc12. The van der Waals surface area contributed by atoms with Crippen molar-refractivity contribution in [2.24, 2.45) is 5.73 Å². The Labute approximate surface area is 193 Å². The van der Waals surface area contributed by atoms with Crippen molar-refractivity contribution < 1.29 is 18.7 Å². The number of hydrogen-bond acceptors (Lipinski definition) is 6. The molecular weight excluding hydrogens is 416 g/mol. The second-order valence-electron chi connectivity index (χ2n) is 7.82. The van der Waals surface area contributed by atoms with Gasteiger partial charge in [0.15, 0.2) is 0 Å². The van der Waals surface area contributed by atoms with Crippen LogP contribution in [0.3, 0.4) is 0 Å². The van der Waals surface area contributed by atoms with E-state index in [9.17, 15) is 4.79 Å². The van der Waals surface area contributed by atoms with Gasteiger partial charge in [0.05, 0.1) is 18.9 Å². The number of nitrogens with zero attached hydrogens (tertiary/aromatic N) is 1. The first-order chi connectivity index (χ1) is 16.1. The molecule has 170 valence electrons. The summed E-state index contributed by atoms with van der Waals surface area (Å²) in [5, 5.41) is 1.99. The molecule has 0 saturated heterocycles. The number of hydrogen-bond donors (Lipinski definition) is 1. The second kappa shape index (κ2) is 10.3. The molecule has 0 amide bonds.